The minimum Gasteiger partial charge on any atom is -0.343 e. The molecule has 2 rings (SSSR count). The van der Waals surface area contributed by atoms with E-state index in [1.165, 1.54) is 0 Å². The summed E-state index contributed by atoms with van der Waals surface area (Å²) < 4.78 is 25.9. The van der Waals surface area contributed by atoms with E-state index in [9.17, 15) is 18.4 Å². The van der Waals surface area contributed by atoms with Crippen molar-refractivity contribution in [2.75, 3.05) is 11.9 Å². The summed E-state index contributed by atoms with van der Waals surface area (Å²) in [6.45, 7) is 1.70. The maximum absolute atomic E-state index is 13.1. The molecule has 6 heteroatoms. The van der Waals surface area contributed by atoms with Crippen LogP contribution >= 0.6 is 0 Å². The Morgan fingerprint density at radius 1 is 1.04 bits per heavy atom. The number of hydrogen-bond donors (Lipinski definition) is 2. The summed E-state index contributed by atoms with van der Waals surface area (Å²) in [4.78, 5) is 23.7. The fourth-order valence-electron chi connectivity index (χ4n) is 2.04. The van der Waals surface area contributed by atoms with E-state index in [0.29, 0.717) is 5.69 Å². The van der Waals surface area contributed by atoms with E-state index in [0.717, 1.165) is 30.2 Å². The number of carbonyl (C=O) groups is 2. The Labute approximate surface area is 132 Å². The van der Waals surface area contributed by atoms with Crippen molar-refractivity contribution in [1.82, 2.24) is 5.32 Å². The van der Waals surface area contributed by atoms with Gasteiger partial charge in [0.05, 0.1) is 6.54 Å². The van der Waals surface area contributed by atoms with E-state index in [1.54, 1.807) is 12.1 Å². The fourth-order valence-corrected chi connectivity index (χ4v) is 2.04. The number of halogens is 2. The molecule has 0 fully saturated rings. The first kappa shape index (κ1) is 16.6. The van der Waals surface area contributed by atoms with Crippen molar-refractivity contribution in [1.29, 1.82) is 0 Å². The molecule has 2 amide bonds. The van der Waals surface area contributed by atoms with Gasteiger partial charge in [0.25, 0.3) is 5.91 Å². The first-order chi connectivity index (χ1) is 11.0. The number of benzene rings is 2. The van der Waals surface area contributed by atoms with Crippen molar-refractivity contribution in [2.24, 2.45) is 0 Å². The van der Waals surface area contributed by atoms with E-state index >= 15 is 0 Å². The molecule has 0 heterocycles. The predicted octanol–water partition coefficient (Wildman–Crippen LogP) is 2.90. The van der Waals surface area contributed by atoms with E-state index < -0.39 is 23.4 Å². The number of amides is 2. The normalized spacial score (nSPS) is 10.2. The molecule has 120 valence electrons. The van der Waals surface area contributed by atoms with Gasteiger partial charge in [0.15, 0.2) is 11.6 Å². The van der Waals surface area contributed by atoms with Gasteiger partial charge in [-0.2, -0.15) is 0 Å². The van der Waals surface area contributed by atoms with Crippen LogP contribution in [0.1, 0.15) is 22.8 Å². The SMILES string of the molecule is CCc1ccccc1NC(=O)CNC(=O)c1ccc(F)c(F)c1. The molecule has 0 bridgehead atoms. The molecule has 0 unspecified atom stereocenters. The number of aryl methyl sites for hydroxylation is 1. The zero-order valence-corrected chi connectivity index (χ0v) is 12.5. The van der Waals surface area contributed by atoms with Crippen LogP contribution in [0, 0.1) is 11.6 Å². The second-order valence-corrected chi connectivity index (χ2v) is 4.87. The van der Waals surface area contributed by atoms with Crippen LogP contribution in [-0.2, 0) is 11.2 Å². The van der Waals surface area contributed by atoms with Gasteiger partial charge in [0, 0.05) is 11.3 Å². The summed E-state index contributed by atoms with van der Waals surface area (Å²) >= 11 is 0. The minimum absolute atomic E-state index is 0.0503. The molecular formula is C17H16F2N2O2. The molecule has 2 N–H and O–H groups in total. The number of para-hydroxylation sites is 1. The van der Waals surface area contributed by atoms with Crippen molar-refractivity contribution >= 4 is 17.5 Å². The van der Waals surface area contributed by atoms with Crippen molar-refractivity contribution in [2.45, 2.75) is 13.3 Å². The third-order valence-corrected chi connectivity index (χ3v) is 3.26. The zero-order chi connectivity index (χ0) is 16.8. The third-order valence-electron chi connectivity index (χ3n) is 3.26. The number of hydrogen-bond acceptors (Lipinski definition) is 2. The topological polar surface area (TPSA) is 58.2 Å². The van der Waals surface area contributed by atoms with Gasteiger partial charge in [-0.1, -0.05) is 25.1 Å². The lowest BCUT2D eigenvalue weighted by atomic mass is 10.1. The Kier molecular flexibility index (Phi) is 5.41. The van der Waals surface area contributed by atoms with Gasteiger partial charge in [-0.05, 0) is 36.2 Å². The van der Waals surface area contributed by atoms with E-state index in [2.05, 4.69) is 10.6 Å². The third kappa shape index (κ3) is 4.35. The summed E-state index contributed by atoms with van der Waals surface area (Å²) in [5.41, 5.74) is 1.61. The first-order valence-electron chi connectivity index (χ1n) is 7.12. The molecule has 4 nitrogen and oxygen atoms in total. The molecule has 23 heavy (non-hydrogen) atoms. The summed E-state index contributed by atoms with van der Waals surface area (Å²) in [6, 6.07) is 10.1. The monoisotopic (exact) mass is 318 g/mol. The van der Waals surface area contributed by atoms with Gasteiger partial charge in [-0.25, -0.2) is 8.78 Å². The van der Waals surface area contributed by atoms with Gasteiger partial charge >= 0.3 is 0 Å². The highest BCUT2D eigenvalue weighted by Crippen LogP contribution is 2.15. The molecular weight excluding hydrogens is 302 g/mol. The fraction of sp³-hybridized carbons (Fsp3) is 0.176. The van der Waals surface area contributed by atoms with Gasteiger partial charge in [-0.3, -0.25) is 9.59 Å². The predicted molar refractivity (Wildman–Crippen MR) is 83.1 cm³/mol. The summed E-state index contributed by atoms with van der Waals surface area (Å²) in [7, 11) is 0. The lowest BCUT2D eigenvalue weighted by molar-refractivity contribution is -0.115. The lowest BCUT2D eigenvalue weighted by Gasteiger charge is -2.10. The minimum atomic E-state index is -1.11. The summed E-state index contributed by atoms with van der Waals surface area (Å²) in [5, 5.41) is 5.06. The average Bonchev–Trinajstić information content (AvgIpc) is 2.55. The maximum Gasteiger partial charge on any atom is 0.251 e. The summed E-state index contributed by atoms with van der Waals surface area (Å²) in [6.07, 6.45) is 0.762. The van der Waals surface area contributed by atoms with Crippen LogP contribution in [0.25, 0.3) is 0 Å². The van der Waals surface area contributed by atoms with Crippen molar-refractivity contribution < 1.29 is 18.4 Å². The number of carbonyl (C=O) groups excluding carboxylic acids is 2. The zero-order valence-electron chi connectivity index (χ0n) is 12.5. The van der Waals surface area contributed by atoms with Crippen LogP contribution in [0.15, 0.2) is 42.5 Å². The second-order valence-electron chi connectivity index (χ2n) is 4.87. The Morgan fingerprint density at radius 2 is 1.78 bits per heavy atom. The van der Waals surface area contributed by atoms with Crippen LogP contribution in [0.2, 0.25) is 0 Å². The Balaban J connectivity index is 1.93. The van der Waals surface area contributed by atoms with Crippen LogP contribution in [0.3, 0.4) is 0 Å². The summed E-state index contributed by atoms with van der Waals surface area (Å²) in [5.74, 6) is -3.20. The van der Waals surface area contributed by atoms with Crippen LogP contribution in [0.4, 0.5) is 14.5 Å². The molecule has 0 saturated heterocycles. The first-order valence-corrected chi connectivity index (χ1v) is 7.12. The highest BCUT2D eigenvalue weighted by molar-refractivity contribution is 5.99. The van der Waals surface area contributed by atoms with Crippen LogP contribution in [0.5, 0.6) is 0 Å². The van der Waals surface area contributed by atoms with Crippen LogP contribution < -0.4 is 10.6 Å². The smallest absolute Gasteiger partial charge is 0.251 e. The highest BCUT2D eigenvalue weighted by atomic mass is 19.2. The van der Waals surface area contributed by atoms with Gasteiger partial charge < -0.3 is 10.6 Å². The van der Waals surface area contributed by atoms with Gasteiger partial charge in [0.1, 0.15) is 0 Å². The quantitative estimate of drug-likeness (QED) is 0.890. The molecule has 0 aliphatic rings. The Hall–Kier alpha value is -2.76. The van der Waals surface area contributed by atoms with E-state index in [1.807, 2.05) is 19.1 Å². The van der Waals surface area contributed by atoms with Crippen LogP contribution in [-0.4, -0.2) is 18.4 Å². The molecule has 0 spiro atoms. The largest absolute Gasteiger partial charge is 0.343 e. The second kappa shape index (κ2) is 7.49. The molecule has 0 aliphatic carbocycles. The molecule has 0 saturated carbocycles. The molecule has 0 aliphatic heterocycles. The maximum atomic E-state index is 13.1. The number of rotatable bonds is 5. The van der Waals surface area contributed by atoms with Crippen molar-refractivity contribution in [3.63, 3.8) is 0 Å². The molecule has 0 radical (unpaired) electrons. The van der Waals surface area contributed by atoms with E-state index in [4.69, 9.17) is 0 Å². The highest BCUT2D eigenvalue weighted by Gasteiger charge is 2.11. The lowest BCUT2D eigenvalue weighted by Crippen LogP contribution is -2.33. The van der Waals surface area contributed by atoms with Gasteiger partial charge in [0.2, 0.25) is 5.91 Å². The molecule has 0 atom stereocenters. The number of nitrogens with one attached hydrogen (secondary N) is 2. The Bertz CT molecular complexity index is 732. The molecule has 0 aromatic heterocycles. The number of anilines is 1. The average molecular weight is 318 g/mol. The van der Waals surface area contributed by atoms with Crippen molar-refractivity contribution in [3.05, 3.63) is 65.2 Å². The van der Waals surface area contributed by atoms with E-state index in [-0.39, 0.29) is 12.1 Å². The standard InChI is InChI=1S/C17H16F2N2O2/c1-2-11-5-3-4-6-15(11)21-16(22)10-20-17(23)12-7-8-13(18)14(19)9-12/h3-9H,2,10H2,1H3,(H,20,23)(H,21,22). The molecule has 2 aromatic rings. The Morgan fingerprint density at radius 3 is 2.48 bits per heavy atom. The van der Waals surface area contributed by atoms with Crippen molar-refractivity contribution in [3.8, 4) is 0 Å². The van der Waals surface area contributed by atoms with Gasteiger partial charge in [-0.15, -0.1) is 0 Å². The molecule has 2 aromatic carbocycles.